The van der Waals surface area contributed by atoms with E-state index >= 15 is 0 Å². The molecule has 144 valence electrons. The van der Waals surface area contributed by atoms with Crippen LogP contribution in [0.3, 0.4) is 0 Å². The van der Waals surface area contributed by atoms with Crippen LogP contribution in [0.5, 0.6) is 5.75 Å². The van der Waals surface area contributed by atoms with Crippen LogP contribution in [0.15, 0.2) is 71.4 Å². The molecule has 7 heteroatoms. The van der Waals surface area contributed by atoms with Gasteiger partial charge in [-0.3, -0.25) is 0 Å². The van der Waals surface area contributed by atoms with Crippen LogP contribution in [0.1, 0.15) is 18.1 Å². The van der Waals surface area contributed by atoms with Crippen LogP contribution < -0.4 is 10.1 Å². The molecule has 0 amide bonds. The van der Waals surface area contributed by atoms with Gasteiger partial charge in [0.15, 0.2) is 11.5 Å². The minimum absolute atomic E-state index is 0.108. The molecule has 4 aromatic rings. The van der Waals surface area contributed by atoms with Gasteiger partial charge in [-0.15, -0.1) is 0 Å². The van der Waals surface area contributed by atoms with Crippen LogP contribution in [-0.2, 0) is 6.42 Å². The Morgan fingerprint density at radius 3 is 2.83 bits per heavy atom. The third-order valence-corrected chi connectivity index (χ3v) is 5.49. The molecule has 1 aliphatic rings. The highest BCUT2D eigenvalue weighted by atomic mass is 79.9. The van der Waals surface area contributed by atoms with Gasteiger partial charge in [0.1, 0.15) is 23.4 Å². The zero-order valence-electron chi connectivity index (χ0n) is 15.7. The van der Waals surface area contributed by atoms with Crippen LogP contribution in [0.4, 0.5) is 5.82 Å². The van der Waals surface area contributed by atoms with Gasteiger partial charge in [-0.2, -0.15) is 0 Å². The molecule has 0 aliphatic carbocycles. The molecule has 0 saturated heterocycles. The van der Waals surface area contributed by atoms with E-state index in [1.807, 2.05) is 30.3 Å². The number of hydrogen-bond donors (Lipinski definition) is 2. The monoisotopic (exact) mass is 447 g/mol. The van der Waals surface area contributed by atoms with Gasteiger partial charge in [0, 0.05) is 22.0 Å². The molecule has 1 aliphatic heterocycles. The minimum atomic E-state index is -0.108. The molecule has 1 atom stereocenters. The summed E-state index contributed by atoms with van der Waals surface area (Å²) in [5, 5.41) is 3.47. The highest BCUT2D eigenvalue weighted by molar-refractivity contribution is 9.10. The zero-order valence-corrected chi connectivity index (χ0v) is 17.3. The smallest absolute Gasteiger partial charge is 0.182 e. The van der Waals surface area contributed by atoms with Crippen molar-refractivity contribution in [2.75, 3.05) is 5.32 Å². The number of allylic oxidation sites excluding steroid dienone is 1. The number of imidazole rings is 1. The standard InChI is InChI=1S/C22H18BrN5O/c1-13(28-22-19-21(25-11-24-19)26-12-27-22)20-17(14-5-3-2-4-6-14)10-15-9-16(23)7-8-18(15)29-20/h2-9,11-13H,10H2,1H3,(H2,24,25,26,27,28)/t13-/m0/s1. The molecule has 0 spiro atoms. The van der Waals surface area contributed by atoms with Gasteiger partial charge in [-0.25, -0.2) is 15.0 Å². The molecule has 0 radical (unpaired) electrons. The van der Waals surface area contributed by atoms with Crippen LogP contribution in [0.25, 0.3) is 16.7 Å². The lowest BCUT2D eigenvalue weighted by molar-refractivity contribution is 0.387. The van der Waals surface area contributed by atoms with Crippen LogP contribution in [0, 0.1) is 0 Å². The van der Waals surface area contributed by atoms with Gasteiger partial charge in [0.05, 0.1) is 12.4 Å². The molecule has 2 aromatic carbocycles. The SMILES string of the molecule is C[C@H](Nc1ncnc2nc[nH]c12)C1=C(c2ccccc2)Cc2cc(Br)ccc2O1. The van der Waals surface area contributed by atoms with E-state index in [1.165, 1.54) is 6.33 Å². The summed E-state index contributed by atoms with van der Waals surface area (Å²) < 4.78 is 7.45. The summed E-state index contributed by atoms with van der Waals surface area (Å²) in [4.78, 5) is 15.9. The van der Waals surface area contributed by atoms with E-state index in [0.717, 1.165) is 44.6 Å². The molecule has 0 fully saturated rings. The quantitative estimate of drug-likeness (QED) is 0.462. The van der Waals surface area contributed by atoms with Crippen LogP contribution >= 0.6 is 15.9 Å². The van der Waals surface area contributed by atoms with Crippen molar-refractivity contribution in [2.24, 2.45) is 0 Å². The number of aromatic nitrogens is 4. The molecule has 2 N–H and O–H groups in total. The van der Waals surface area contributed by atoms with E-state index in [2.05, 4.69) is 66.3 Å². The Morgan fingerprint density at radius 2 is 1.97 bits per heavy atom. The second-order valence-electron chi connectivity index (χ2n) is 6.93. The Morgan fingerprint density at radius 1 is 1.10 bits per heavy atom. The van der Waals surface area contributed by atoms with Gasteiger partial charge in [0.2, 0.25) is 0 Å². The van der Waals surface area contributed by atoms with Crippen molar-refractivity contribution in [2.45, 2.75) is 19.4 Å². The summed E-state index contributed by atoms with van der Waals surface area (Å²) in [6.45, 7) is 2.08. The minimum Gasteiger partial charge on any atom is -0.459 e. The summed E-state index contributed by atoms with van der Waals surface area (Å²) >= 11 is 3.57. The largest absolute Gasteiger partial charge is 0.459 e. The van der Waals surface area contributed by atoms with Gasteiger partial charge in [0.25, 0.3) is 0 Å². The number of aromatic amines is 1. The first-order valence-corrected chi connectivity index (χ1v) is 10.1. The Bertz CT molecular complexity index is 1220. The van der Waals surface area contributed by atoms with Crippen molar-refractivity contribution in [1.82, 2.24) is 19.9 Å². The number of nitrogens with one attached hydrogen (secondary N) is 2. The fraction of sp³-hybridized carbons (Fsp3) is 0.136. The number of anilines is 1. The van der Waals surface area contributed by atoms with E-state index in [1.54, 1.807) is 6.33 Å². The number of hydrogen-bond acceptors (Lipinski definition) is 5. The van der Waals surface area contributed by atoms with Crippen molar-refractivity contribution >= 4 is 38.5 Å². The summed E-state index contributed by atoms with van der Waals surface area (Å²) in [6, 6.07) is 16.4. The van der Waals surface area contributed by atoms with E-state index < -0.39 is 0 Å². The first-order valence-electron chi connectivity index (χ1n) is 9.34. The zero-order chi connectivity index (χ0) is 19.8. The summed E-state index contributed by atoms with van der Waals surface area (Å²) in [6.07, 6.45) is 3.93. The van der Waals surface area contributed by atoms with Crippen molar-refractivity contribution in [1.29, 1.82) is 0 Å². The van der Waals surface area contributed by atoms with Crippen LogP contribution in [0.2, 0.25) is 0 Å². The Labute approximate surface area is 176 Å². The summed E-state index contributed by atoms with van der Waals surface area (Å²) in [5.41, 5.74) is 4.88. The molecular weight excluding hydrogens is 430 g/mol. The molecule has 3 heterocycles. The van der Waals surface area contributed by atoms with Crippen molar-refractivity contribution in [3.05, 3.63) is 82.5 Å². The molecule has 5 rings (SSSR count). The number of rotatable bonds is 4. The third-order valence-electron chi connectivity index (χ3n) is 5.00. The maximum atomic E-state index is 6.41. The van der Waals surface area contributed by atoms with E-state index in [9.17, 15) is 0 Å². The molecule has 29 heavy (non-hydrogen) atoms. The van der Waals surface area contributed by atoms with Gasteiger partial charge in [-0.1, -0.05) is 46.3 Å². The van der Waals surface area contributed by atoms with Gasteiger partial charge in [-0.05, 0) is 30.7 Å². The number of ether oxygens (including phenoxy) is 1. The number of halogens is 1. The fourth-order valence-corrected chi connectivity index (χ4v) is 4.03. The second-order valence-corrected chi connectivity index (χ2v) is 7.84. The van der Waals surface area contributed by atoms with E-state index in [0.29, 0.717) is 11.5 Å². The maximum absolute atomic E-state index is 6.41. The molecule has 6 nitrogen and oxygen atoms in total. The number of nitrogens with zero attached hydrogens (tertiary/aromatic N) is 3. The van der Waals surface area contributed by atoms with Crippen molar-refractivity contribution in [3.8, 4) is 5.75 Å². The molecule has 0 unspecified atom stereocenters. The lowest BCUT2D eigenvalue weighted by atomic mass is 9.92. The first kappa shape index (κ1) is 17.9. The lowest BCUT2D eigenvalue weighted by Crippen LogP contribution is -2.26. The maximum Gasteiger partial charge on any atom is 0.182 e. The third kappa shape index (κ3) is 3.38. The van der Waals surface area contributed by atoms with Crippen molar-refractivity contribution in [3.63, 3.8) is 0 Å². The summed E-state index contributed by atoms with van der Waals surface area (Å²) in [7, 11) is 0. The Kier molecular flexibility index (Phi) is 4.52. The van der Waals surface area contributed by atoms with E-state index in [4.69, 9.17) is 4.74 Å². The molecular formula is C22H18BrN5O. The van der Waals surface area contributed by atoms with Gasteiger partial charge < -0.3 is 15.0 Å². The topological polar surface area (TPSA) is 75.7 Å². The molecule has 0 saturated carbocycles. The predicted octanol–water partition coefficient (Wildman–Crippen LogP) is 4.96. The number of H-pyrrole nitrogens is 1. The second kappa shape index (κ2) is 7.33. The van der Waals surface area contributed by atoms with Crippen molar-refractivity contribution < 1.29 is 4.74 Å². The highest BCUT2D eigenvalue weighted by Crippen LogP contribution is 2.38. The first-order chi connectivity index (χ1) is 14.2. The summed E-state index contributed by atoms with van der Waals surface area (Å²) in [5.74, 6) is 2.47. The normalized spacial score (nSPS) is 14.4. The Balaban J connectivity index is 1.56. The Hall–Kier alpha value is -3.19. The van der Waals surface area contributed by atoms with Crippen LogP contribution in [-0.4, -0.2) is 26.0 Å². The molecule has 2 aromatic heterocycles. The molecule has 0 bridgehead atoms. The van der Waals surface area contributed by atoms with E-state index in [-0.39, 0.29) is 6.04 Å². The lowest BCUT2D eigenvalue weighted by Gasteiger charge is -2.28. The predicted molar refractivity (Wildman–Crippen MR) is 117 cm³/mol. The average Bonchev–Trinajstić information content (AvgIpc) is 3.23. The highest BCUT2D eigenvalue weighted by Gasteiger charge is 2.26. The van der Waals surface area contributed by atoms with Gasteiger partial charge >= 0.3 is 0 Å². The fourth-order valence-electron chi connectivity index (χ4n) is 3.62. The number of fused-ring (bicyclic) bond motifs is 2. The number of benzene rings is 2. The average molecular weight is 448 g/mol.